The number of rotatable bonds is 5. The molecular weight excluding hydrogens is 355 g/mol. The van der Waals surface area contributed by atoms with E-state index in [2.05, 4.69) is 15.6 Å². The van der Waals surface area contributed by atoms with E-state index in [0.717, 1.165) is 11.1 Å². The van der Waals surface area contributed by atoms with E-state index in [0.29, 0.717) is 18.1 Å². The summed E-state index contributed by atoms with van der Waals surface area (Å²) >= 11 is 0. The quantitative estimate of drug-likeness (QED) is 0.549. The van der Waals surface area contributed by atoms with Crippen molar-refractivity contribution in [2.24, 2.45) is 10.1 Å². The van der Waals surface area contributed by atoms with Gasteiger partial charge in [-0.15, -0.1) is 0 Å². The summed E-state index contributed by atoms with van der Waals surface area (Å²) in [6, 6.07) is 11.3. The molecule has 26 heavy (non-hydrogen) atoms. The van der Waals surface area contributed by atoms with Crippen molar-refractivity contribution in [1.82, 2.24) is 10.6 Å². The van der Waals surface area contributed by atoms with Crippen LogP contribution in [-0.2, 0) is 16.6 Å². The molecular formula is C18H23FN4O2S. The third-order valence-electron chi connectivity index (χ3n) is 3.98. The van der Waals surface area contributed by atoms with Crippen molar-refractivity contribution in [3.05, 3.63) is 65.0 Å². The Kier molecular flexibility index (Phi) is 6.33. The molecule has 0 aliphatic carbocycles. The Morgan fingerprint density at radius 1 is 1.23 bits per heavy atom. The normalized spacial score (nSPS) is 13.3. The van der Waals surface area contributed by atoms with Crippen molar-refractivity contribution in [1.29, 1.82) is 0 Å². The number of benzene rings is 2. The highest BCUT2D eigenvalue weighted by molar-refractivity contribution is 7.89. The summed E-state index contributed by atoms with van der Waals surface area (Å²) in [5.74, 6) is 0.308. The van der Waals surface area contributed by atoms with E-state index in [1.165, 1.54) is 18.2 Å². The van der Waals surface area contributed by atoms with Crippen molar-refractivity contribution in [2.75, 3.05) is 7.05 Å². The van der Waals surface area contributed by atoms with Crippen LogP contribution in [0.15, 0.2) is 52.4 Å². The number of hydrogen-bond donors (Lipinski definition) is 3. The van der Waals surface area contributed by atoms with E-state index in [4.69, 9.17) is 5.14 Å². The van der Waals surface area contributed by atoms with Crippen LogP contribution in [0, 0.1) is 12.7 Å². The number of aliphatic imine (C=N–C) groups is 1. The minimum Gasteiger partial charge on any atom is -0.352 e. The number of halogens is 1. The summed E-state index contributed by atoms with van der Waals surface area (Å²) in [5, 5.41) is 11.4. The van der Waals surface area contributed by atoms with Crippen LogP contribution in [0.1, 0.15) is 29.7 Å². The second kappa shape index (κ2) is 8.29. The highest BCUT2D eigenvalue weighted by atomic mass is 32.2. The van der Waals surface area contributed by atoms with Crippen LogP contribution in [0.3, 0.4) is 0 Å². The minimum absolute atomic E-state index is 0.0683. The zero-order chi connectivity index (χ0) is 19.3. The first-order valence-corrected chi connectivity index (χ1v) is 9.60. The van der Waals surface area contributed by atoms with Crippen LogP contribution in [0.25, 0.3) is 0 Å². The van der Waals surface area contributed by atoms with Gasteiger partial charge in [0, 0.05) is 13.6 Å². The Bertz CT molecular complexity index is 896. The smallest absolute Gasteiger partial charge is 0.238 e. The lowest BCUT2D eigenvalue weighted by Gasteiger charge is -2.19. The maximum Gasteiger partial charge on any atom is 0.238 e. The van der Waals surface area contributed by atoms with E-state index in [-0.39, 0.29) is 16.8 Å². The Morgan fingerprint density at radius 2 is 1.88 bits per heavy atom. The molecule has 0 radical (unpaired) electrons. The summed E-state index contributed by atoms with van der Waals surface area (Å²) in [5.41, 5.74) is 2.29. The van der Waals surface area contributed by atoms with Gasteiger partial charge in [-0.1, -0.05) is 24.3 Å². The van der Waals surface area contributed by atoms with E-state index < -0.39 is 10.0 Å². The average Bonchev–Trinajstić information content (AvgIpc) is 2.60. The molecule has 0 aliphatic rings. The standard InChI is InChI=1S/C18H23FN4O2S/c1-12-4-7-15(10-17(12)19)13(2)23-18(21-3)22-11-14-5-8-16(9-6-14)26(20,24)25/h4-10,13H,11H2,1-3H3,(H2,20,24,25)(H2,21,22,23). The van der Waals surface area contributed by atoms with Gasteiger partial charge in [-0.3, -0.25) is 4.99 Å². The largest absolute Gasteiger partial charge is 0.352 e. The first-order valence-electron chi connectivity index (χ1n) is 8.05. The van der Waals surface area contributed by atoms with Crippen LogP contribution in [0.5, 0.6) is 0 Å². The van der Waals surface area contributed by atoms with Crippen molar-refractivity contribution < 1.29 is 12.8 Å². The number of primary sulfonamides is 1. The molecule has 2 aromatic rings. The van der Waals surface area contributed by atoms with E-state index >= 15 is 0 Å². The van der Waals surface area contributed by atoms with Gasteiger partial charge < -0.3 is 10.6 Å². The molecule has 1 unspecified atom stereocenters. The fraction of sp³-hybridized carbons (Fsp3) is 0.278. The van der Waals surface area contributed by atoms with Gasteiger partial charge in [-0.05, 0) is 48.7 Å². The van der Waals surface area contributed by atoms with Gasteiger partial charge in [0.2, 0.25) is 10.0 Å². The molecule has 0 saturated heterocycles. The second-order valence-electron chi connectivity index (χ2n) is 5.99. The fourth-order valence-corrected chi connectivity index (χ4v) is 2.86. The van der Waals surface area contributed by atoms with Crippen molar-refractivity contribution >= 4 is 16.0 Å². The van der Waals surface area contributed by atoms with Crippen LogP contribution >= 0.6 is 0 Å². The summed E-state index contributed by atoms with van der Waals surface area (Å²) in [6.07, 6.45) is 0. The zero-order valence-corrected chi connectivity index (χ0v) is 15.8. The number of nitrogens with one attached hydrogen (secondary N) is 2. The summed E-state index contributed by atoms with van der Waals surface area (Å²) < 4.78 is 36.2. The molecule has 0 bridgehead atoms. The first-order chi connectivity index (χ1) is 12.2. The van der Waals surface area contributed by atoms with Crippen LogP contribution in [-0.4, -0.2) is 21.4 Å². The van der Waals surface area contributed by atoms with Crippen molar-refractivity contribution in [3.63, 3.8) is 0 Å². The molecule has 0 amide bonds. The predicted octanol–water partition coefficient (Wildman–Crippen LogP) is 2.21. The third-order valence-corrected chi connectivity index (χ3v) is 4.91. The molecule has 1 atom stereocenters. The Balaban J connectivity index is 1.98. The maximum atomic E-state index is 13.7. The van der Waals surface area contributed by atoms with E-state index in [9.17, 15) is 12.8 Å². The number of nitrogens with zero attached hydrogens (tertiary/aromatic N) is 1. The molecule has 140 valence electrons. The van der Waals surface area contributed by atoms with Gasteiger partial charge >= 0.3 is 0 Å². The summed E-state index contributed by atoms with van der Waals surface area (Å²) in [4.78, 5) is 4.22. The van der Waals surface area contributed by atoms with E-state index in [1.54, 1.807) is 32.2 Å². The maximum absolute atomic E-state index is 13.7. The number of sulfonamides is 1. The number of hydrogen-bond acceptors (Lipinski definition) is 3. The van der Waals surface area contributed by atoms with E-state index in [1.807, 2.05) is 13.0 Å². The Labute approximate surface area is 153 Å². The highest BCUT2D eigenvalue weighted by Crippen LogP contribution is 2.16. The van der Waals surface area contributed by atoms with Crippen LogP contribution < -0.4 is 15.8 Å². The Morgan fingerprint density at radius 3 is 2.42 bits per heavy atom. The minimum atomic E-state index is -3.70. The molecule has 2 aromatic carbocycles. The first kappa shape index (κ1) is 19.9. The predicted molar refractivity (Wildman–Crippen MR) is 101 cm³/mol. The third kappa shape index (κ3) is 5.27. The fourth-order valence-electron chi connectivity index (χ4n) is 2.34. The molecule has 8 heteroatoms. The highest BCUT2D eigenvalue weighted by Gasteiger charge is 2.10. The van der Waals surface area contributed by atoms with Gasteiger partial charge in [0.1, 0.15) is 5.82 Å². The molecule has 0 spiro atoms. The van der Waals surface area contributed by atoms with Gasteiger partial charge in [-0.2, -0.15) is 0 Å². The number of aryl methyl sites for hydroxylation is 1. The molecule has 0 aromatic heterocycles. The van der Waals surface area contributed by atoms with Gasteiger partial charge in [0.05, 0.1) is 10.9 Å². The molecule has 0 fully saturated rings. The molecule has 4 N–H and O–H groups in total. The molecule has 2 rings (SSSR count). The van der Waals surface area contributed by atoms with Gasteiger partial charge in [0.25, 0.3) is 0 Å². The topological polar surface area (TPSA) is 96.6 Å². The summed E-state index contributed by atoms with van der Waals surface area (Å²) in [6.45, 7) is 4.08. The van der Waals surface area contributed by atoms with Crippen molar-refractivity contribution in [2.45, 2.75) is 31.3 Å². The average molecular weight is 378 g/mol. The lowest BCUT2D eigenvalue weighted by Crippen LogP contribution is -2.38. The molecule has 0 saturated carbocycles. The lowest BCUT2D eigenvalue weighted by molar-refractivity contribution is 0.597. The second-order valence-corrected chi connectivity index (χ2v) is 7.55. The monoisotopic (exact) mass is 378 g/mol. The zero-order valence-electron chi connectivity index (χ0n) is 15.0. The SMILES string of the molecule is CN=C(NCc1ccc(S(N)(=O)=O)cc1)NC(C)c1ccc(C)c(F)c1. The van der Waals surface area contributed by atoms with Crippen LogP contribution in [0.4, 0.5) is 4.39 Å². The Hall–Kier alpha value is -2.45. The summed E-state index contributed by atoms with van der Waals surface area (Å²) in [7, 11) is -2.06. The lowest BCUT2D eigenvalue weighted by atomic mass is 10.1. The number of guanidine groups is 1. The molecule has 0 aliphatic heterocycles. The molecule has 6 nitrogen and oxygen atoms in total. The van der Waals surface area contributed by atoms with Gasteiger partial charge in [0.15, 0.2) is 5.96 Å². The van der Waals surface area contributed by atoms with Crippen molar-refractivity contribution in [3.8, 4) is 0 Å². The van der Waals surface area contributed by atoms with Crippen LogP contribution in [0.2, 0.25) is 0 Å². The molecule has 0 heterocycles. The number of nitrogens with two attached hydrogens (primary N) is 1. The van der Waals surface area contributed by atoms with Gasteiger partial charge in [-0.25, -0.2) is 17.9 Å².